The molecule has 0 atom stereocenters. The average molecular weight is 594 g/mol. The summed E-state index contributed by atoms with van der Waals surface area (Å²) in [6.07, 6.45) is 11.3. The Bertz CT molecular complexity index is 1830. The second kappa shape index (κ2) is 11.0. The Labute approximate surface area is 268 Å². The fraction of sp³-hybridized carbons (Fsp3) is 0.333. The maximum Gasteiger partial charge on any atom is 0.264 e. The van der Waals surface area contributed by atoms with E-state index in [1.54, 1.807) is 0 Å². The zero-order valence-corrected chi connectivity index (χ0v) is 27.7. The van der Waals surface area contributed by atoms with Crippen molar-refractivity contribution >= 4 is 34.9 Å². The van der Waals surface area contributed by atoms with Gasteiger partial charge in [0, 0.05) is 36.5 Å². The number of carbonyl (C=O) groups excluding carboxylic acids is 1. The topological polar surface area (TPSA) is 24.2 Å². The highest BCUT2D eigenvalue weighted by Crippen LogP contribution is 2.37. The lowest BCUT2D eigenvalue weighted by Crippen LogP contribution is -2.34. The van der Waals surface area contributed by atoms with Crippen LogP contribution in [0.25, 0.3) is 23.4 Å². The molecule has 0 radical (unpaired) electrons. The lowest BCUT2D eigenvalue weighted by atomic mass is 9.85. The van der Waals surface area contributed by atoms with Crippen LogP contribution in [0.2, 0.25) is 0 Å². The predicted molar refractivity (Wildman–Crippen MR) is 188 cm³/mol. The number of ketones is 1. The molecule has 3 aliphatic heterocycles. The van der Waals surface area contributed by atoms with Gasteiger partial charge < -0.3 is 4.90 Å². The van der Waals surface area contributed by atoms with Crippen LogP contribution in [0.4, 0.5) is 5.69 Å². The number of pyridine rings is 1. The fourth-order valence-electron chi connectivity index (χ4n) is 7.28. The Hall–Kier alpha value is -4.24. The van der Waals surface area contributed by atoms with Gasteiger partial charge in [0.15, 0.2) is 6.20 Å². The number of benzene rings is 3. The van der Waals surface area contributed by atoms with Crippen molar-refractivity contribution < 1.29 is 9.36 Å². The number of aryl methyl sites for hydroxylation is 2. The maximum atomic E-state index is 14.3. The number of Topliss-reactive ketones (excluding diaryl/α,β-unsaturated/α-hetero) is 1. The van der Waals surface area contributed by atoms with Crippen molar-refractivity contribution in [3.05, 3.63) is 129 Å². The van der Waals surface area contributed by atoms with Gasteiger partial charge in [-0.3, -0.25) is 4.79 Å². The molecule has 0 amide bonds. The average Bonchev–Trinajstić information content (AvgIpc) is 3.31. The van der Waals surface area contributed by atoms with E-state index in [2.05, 4.69) is 142 Å². The Morgan fingerprint density at radius 1 is 0.667 bits per heavy atom. The zero-order valence-electron chi connectivity index (χ0n) is 27.7. The summed E-state index contributed by atoms with van der Waals surface area (Å²) in [5.41, 5.74) is 13.9. The fourth-order valence-corrected chi connectivity index (χ4v) is 7.28. The standard InChI is InChI=1S/C42H45N2O/c1-41(2,3)34-17-13-30(14-18-34)37-39(31-15-19-35(20-16-31)42(4,5)6)44-24-21-28(27-36(44)40(37)45)11-12-29-25-32-9-7-22-43-23-8-10-33(26-29)38(32)43/h11-21,24-27H,7-10,22-23H2,1-6H3/q+1. The van der Waals surface area contributed by atoms with E-state index in [9.17, 15) is 4.79 Å². The van der Waals surface area contributed by atoms with Crippen LogP contribution in [0.3, 0.4) is 0 Å². The molecule has 0 saturated carbocycles. The first kappa shape index (κ1) is 29.5. The van der Waals surface area contributed by atoms with Crippen molar-refractivity contribution in [2.24, 2.45) is 0 Å². The van der Waals surface area contributed by atoms with Crippen LogP contribution in [-0.2, 0) is 23.7 Å². The molecule has 3 aromatic carbocycles. The quantitative estimate of drug-likeness (QED) is 0.221. The number of allylic oxidation sites excluding steroid dienone is 1. The molecule has 1 aromatic heterocycles. The third kappa shape index (κ3) is 5.47. The molecule has 3 heteroatoms. The maximum absolute atomic E-state index is 14.3. The van der Waals surface area contributed by atoms with E-state index in [1.807, 2.05) is 0 Å². The molecule has 3 nitrogen and oxygen atoms in total. The van der Waals surface area contributed by atoms with Gasteiger partial charge in [0.2, 0.25) is 5.70 Å². The van der Waals surface area contributed by atoms with Gasteiger partial charge in [-0.25, -0.2) is 0 Å². The van der Waals surface area contributed by atoms with E-state index in [0.717, 1.165) is 40.8 Å². The number of rotatable bonds is 4. The second-order valence-electron chi connectivity index (χ2n) is 15.1. The number of nitrogens with zero attached hydrogens (tertiary/aromatic N) is 2. The highest BCUT2D eigenvalue weighted by molar-refractivity contribution is 6.34. The summed E-state index contributed by atoms with van der Waals surface area (Å²) in [6, 6.07) is 26.3. The summed E-state index contributed by atoms with van der Waals surface area (Å²) in [4.78, 5) is 16.9. The monoisotopic (exact) mass is 593 g/mol. The van der Waals surface area contributed by atoms with Gasteiger partial charge in [0.25, 0.3) is 11.5 Å². The van der Waals surface area contributed by atoms with E-state index < -0.39 is 0 Å². The van der Waals surface area contributed by atoms with Gasteiger partial charge in [-0.1, -0.05) is 90.1 Å². The molecule has 4 aromatic rings. The van der Waals surface area contributed by atoms with Gasteiger partial charge in [-0.15, -0.1) is 0 Å². The minimum Gasteiger partial charge on any atom is -0.371 e. The van der Waals surface area contributed by atoms with E-state index >= 15 is 0 Å². The minimum atomic E-state index is 0.0479. The Morgan fingerprint density at radius 3 is 1.76 bits per heavy atom. The van der Waals surface area contributed by atoms with Crippen LogP contribution in [0.5, 0.6) is 0 Å². The molecule has 0 aliphatic carbocycles. The SMILES string of the molecule is CC(C)(C)c1ccc(C2=C(c3ccc(C(C)(C)C)cc3)[n+]3ccc(C=Cc4cc5c6c(c4)CCCN6CCC5)cc3C2=O)cc1. The number of hydrogen-bond donors (Lipinski definition) is 0. The Morgan fingerprint density at radius 2 is 1.20 bits per heavy atom. The highest BCUT2D eigenvalue weighted by atomic mass is 16.1. The van der Waals surface area contributed by atoms with Gasteiger partial charge >= 0.3 is 0 Å². The molecular formula is C42H45N2O+. The summed E-state index contributed by atoms with van der Waals surface area (Å²) >= 11 is 0. The van der Waals surface area contributed by atoms with Crippen molar-refractivity contribution in [2.45, 2.75) is 78.1 Å². The second-order valence-corrected chi connectivity index (χ2v) is 15.1. The van der Waals surface area contributed by atoms with E-state index in [1.165, 1.54) is 59.4 Å². The summed E-state index contributed by atoms with van der Waals surface area (Å²) in [7, 11) is 0. The lowest BCUT2D eigenvalue weighted by Gasteiger charge is -2.37. The summed E-state index contributed by atoms with van der Waals surface area (Å²) in [5, 5.41) is 0. The van der Waals surface area contributed by atoms with E-state index in [4.69, 9.17) is 0 Å². The molecule has 0 saturated heterocycles. The lowest BCUT2D eigenvalue weighted by molar-refractivity contribution is -0.577. The Balaban J connectivity index is 1.27. The molecule has 3 aliphatic rings. The molecule has 228 valence electrons. The number of hydrogen-bond acceptors (Lipinski definition) is 2. The summed E-state index contributed by atoms with van der Waals surface area (Å²) in [6.45, 7) is 15.7. The minimum absolute atomic E-state index is 0.0479. The van der Waals surface area contributed by atoms with E-state index in [-0.39, 0.29) is 16.6 Å². The molecule has 0 spiro atoms. The van der Waals surface area contributed by atoms with Crippen LogP contribution in [0.1, 0.15) is 109 Å². The van der Waals surface area contributed by atoms with Crippen LogP contribution in [-0.4, -0.2) is 18.9 Å². The Kier molecular flexibility index (Phi) is 7.19. The highest BCUT2D eigenvalue weighted by Gasteiger charge is 2.40. The molecule has 0 bridgehead atoms. The van der Waals surface area contributed by atoms with Crippen molar-refractivity contribution in [3.63, 3.8) is 0 Å². The number of fused-ring (bicyclic) bond motifs is 1. The first-order valence-electron chi connectivity index (χ1n) is 16.6. The van der Waals surface area contributed by atoms with Crippen LogP contribution < -0.4 is 9.47 Å². The predicted octanol–water partition coefficient (Wildman–Crippen LogP) is 9.05. The van der Waals surface area contributed by atoms with Gasteiger partial charge in [-0.2, -0.15) is 4.57 Å². The van der Waals surface area contributed by atoms with Crippen LogP contribution in [0, 0.1) is 0 Å². The molecule has 7 rings (SSSR count). The van der Waals surface area contributed by atoms with Gasteiger partial charge in [0.1, 0.15) is 5.57 Å². The summed E-state index contributed by atoms with van der Waals surface area (Å²) < 4.78 is 2.09. The molecule has 45 heavy (non-hydrogen) atoms. The zero-order chi connectivity index (χ0) is 31.5. The summed E-state index contributed by atoms with van der Waals surface area (Å²) in [5.74, 6) is 0.0713. The number of aromatic nitrogens is 1. The van der Waals surface area contributed by atoms with Crippen molar-refractivity contribution in [3.8, 4) is 0 Å². The van der Waals surface area contributed by atoms with Crippen LogP contribution in [0.15, 0.2) is 79.0 Å². The smallest absolute Gasteiger partial charge is 0.264 e. The van der Waals surface area contributed by atoms with Crippen molar-refractivity contribution in [1.82, 2.24) is 0 Å². The molecule has 4 heterocycles. The number of anilines is 1. The molecule has 0 fully saturated rings. The third-order valence-corrected chi connectivity index (χ3v) is 9.80. The number of carbonyl (C=O) groups is 1. The van der Waals surface area contributed by atoms with Gasteiger partial charge in [-0.05, 0) is 99.7 Å². The van der Waals surface area contributed by atoms with Gasteiger partial charge in [0.05, 0.1) is 0 Å². The normalized spacial score (nSPS) is 16.4. The van der Waals surface area contributed by atoms with Crippen LogP contribution >= 0.6 is 0 Å². The molecule has 0 N–H and O–H groups in total. The molecule has 0 unspecified atom stereocenters. The van der Waals surface area contributed by atoms with E-state index in [0.29, 0.717) is 5.69 Å². The first-order valence-corrected chi connectivity index (χ1v) is 16.6. The molecular weight excluding hydrogens is 548 g/mol. The largest absolute Gasteiger partial charge is 0.371 e. The third-order valence-electron chi connectivity index (χ3n) is 9.80. The van der Waals surface area contributed by atoms with Crippen molar-refractivity contribution in [2.75, 3.05) is 18.0 Å². The first-order chi connectivity index (χ1) is 21.5. The van der Waals surface area contributed by atoms with Crippen molar-refractivity contribution in [1.29, 1.82) is 0 Å².